The van der Waals surface area contributed by atoms with Gasteiger partial charge in [-0.1, -0.05) is 13.3 Å². The normalized spacial score (nSPS) is 20.0. The number of ketones is 1. The van der Waals surface area contributed by atoms with E-state index in [2.05, 4.69) is 11.8 Å². The molecule has 21 heavy (non-hydrogen) atoms. The van der Waals surface area contributed by atoms with E-state index in [9.17, 15) is 9.18 Å². The average Bonchev–Trinajstić information content (AvgIpc) is 2.72. The van der Waals surface area contributed by atoms with Crippen LogP contribution in [-0.2, 0) is 0 Å². The first-order valence-electron chi connectivity index (χ1n) is 7.73. The van der Waals surface area contributed by atoms with Gasteiger partial charge in [-0.25, -0.2) is 4.39 Å². The van der Waals surface area contributed by atoms with Gasteiger partial charge in [-0.05, 0) is 56.5 Å². The first-order valence-corrected chi connectivity index (χ1v) is 7.73. The van der Waals surface area contributed by atoms with Crippen molar-refractivity contribution in [1.29, 1.82) is 0 Å². The molecule has 2 rings (SSSR count). The highest BCUT2D eigenvalue weighted by molar-refractivity contribution is 6.00. The molecule has 3 nitrogen and oxygen atoms in total. The Hall–Kier alpha value is -1.42. The van der Waals surface area contributed by atoms with Crippen molar-refractivity contribution in [1.82, 2.24) is 4.90 Å². The minimum Gasteiger partial charge on any atom is -0.496 e. The Labute approximate surface area is 126 Å². The van der Waals surface area contributed by atoms with E-state index in [1.165, 1.54) is 38.2 Å². The predicted octanol–water partition coefficient (Wildman–Crippen LogP) is 3.53. The highest BCUT2D eigenvalue weighted by Crippen LogP contribution is 2.23. The van der Waals surface area contributed by atoms with Crippen molar-refractivity contribution in [2.75, 3.05) is 26.7 Å². The fourth-order valence-electron chi connectivity index (χ4n) is 2.98. The van der Waals surface area contributed by atoms with E-state index in [4.69, 9.17) is 4.74 Å². The second-order valence-corrected chi connectivity index (χ2v) is 5.75. The zero-order valence-electron chi connectivity index (χ0n) is 12.9. The van der Waals surface area contributed by atoms with Gasteiger partial charge in [0.05, 0.1) is 19.2 Å². The molecule has 0 saturated carbocycles. The maximum atomic E-state index is 13.4. The molecule has 116 valence electrons. The molecule has 1 aliphatic rings. The molecule has 0 radical (unpaired) electrons. The zero-order chi connectivity index (χ0) is 15.2. The Morgan fingerprint density at radius 2 is 2.19 bits per heavy atom. The second-order valence-electron chi connectivity index (χ2n) is 5.75. The molecule has 0 aliphatic carbocycles. The summed E-state index contributed by atoms with van der Waals surface area (Å²) >= 11 is 0. The van der Waals surface area contributed by atoms with Gasteiger partial charge in [0, 0.05) is 0 Å². The smallest absolute Gasteiger partial charge is 0.180 e. The van der Waals surface area contributed by atoms with Crippen LogP contribution in [0.1, 0.15) is 43.0 Å². The first-order chi connectivity index (χ1) is 10.1. The average molecular weight is 293 g/mol. The number of methoxy groups -OCH3 is 1. The number of hydrogen-bond donors (Lipinski definition) is 0. The third-order valence-electron chi connectivity index (χ3n) is 4.35. The Morgan fingerprint density at radius 1 is 1.38 bits per heavy atom. The Bertz CT molecular complexity index is 490. The van der Waals surface area contributed by atoms with Crippen LogP contribution in [0.3, 0.4) is 0 Å². The molecule has 1 saturated heterocycles. The second kappa shape index (κ2) is 7.55. The molecule has 1 aromatic carbocycles. The van der Waals surface area contributed by atoms with Crippen LogP contribution in [0.15, 0.2) is 18.2 Å². The highest BCUT2D eigenvalue weighted by atomic mass is 19.1. The largest absolute Gasteiger partial charge is 0.496 e. The summed E-state index contributed by atoms with van der Waals surface area (Å²) in [4.78, 5) is 14.6. The van der Waals surface area contributed by atoms with Crippen LogP contribution in [-0.4, -0.2) is 37.4 Å². The summed E-state index contributed by atoms with van der Waals surface area (Å²) in [5, 5.41) is 0. The lowest BCUT2D eigenvalue weighted by molar-refractivity contribution is 0.0928. The maximum Gasteiger partial charge on any atom is 0.180 e. The zero-order valence-corrected chi connectivity index (χ0v) is 12.9. The number of halogens is 1. The van der Waals surface area contributed by atoms with Crippen LogP contribution >= 0.6 is 0 Å². The van der Waals surface area contributed by atoms with Crippen molar-refractivity contribution in [2.45, 2.75) is 32.6 Å². The van der Waals surface area contributed by atoms with E-state index >= 15 is 0 Å². The van der Waals surface area contributed by atoms with Gasteiger partial charge in [0.1, 0.15) is 11.6 Å². The SMILES string of the molecule is CCC1CCCN(CC(=O)c2cc(F)ccc2OC)CC1. The van der Waals surface area contributed by atoms with Crippen molar-refractivity contribution in [3.8, 4) is 5.75 Å². The lowest BCUT2D eigenvalue weighted by atomic mass is 9.98. The molecular weight excluding hydrogens is 269 g/mol. The maximum absolute atomic E-state index is 13.4. The number of hydrogen-bond acceptors (Lipinski definition) is 3. The van der Waals surface area contributed by atoms with E-state index in [0.717, 1.165) is 31.8 Å². The molecule has 0 bridgehead atoms. The van der Waals surface area contributed by atoms with Crippen molar-refractivity contribution >= 4 is 5.78 Å². The minimum absolute atomic E-state index is 0.0682. The molecule has 0 amide bonds. The van der Waals surface area contributed by atoms with Crippen LogP contribution in [0.2, 0.25) is 0 Å². The number of carbonyl (C=O) groups excluding carboxylic acids is 1. The highest BCUT2D eigenvalue weighted by Gasteiger charge is 2.20. The number of nitrogens with zero attached hydrogens (tertiary/aromatic N) is 1. The van der Waals surface area contributed by atoms with E-state index in [1.54, 1.807) is 0 Å². The van der Waals surface area contributed by atoms with E-state index in [1.807, 2.05) is 0 Å². The summed E-state index contributed by atoms with van der Waals surface area (Å²) in [5.74, 6) is 0.749. The van der Waals surface area contributed by atoms with Crippen molar-refractivity contribution in [3.05, 3.63) is 29.6 Å². The fourth-order valence-corrected chi connectivity index (χ4v) is 2.98. The van der Waals surface area contributed by atoms with Gasteiger partial charge in [0.2, 0.25) is 0 Å². The lowest BCUT2D eigenvalue weighted by Gasteiger charge is -2.19. The molecule has 1 aliphatic heterocycles. The number of carbonyl (C=O) groups is 1. The first kappa shape index (κ1) is 16.0. The van der Waals surface area contributed by atoms with Crippen LogP contribution in [0.4, 0.5) is 4.39 Å². The Kier molecular flexibility index (Phi) is 5.74. The molecule has 1 fully saturated rings. The van der Waals surface area contributed by atoms with Gasteiger partial charge in [-0.2, -0.15) is 0 Å². The number of Topliss-reactive ketones (excluding diaryl/α,β-unsaturated/α-hetero) is 1. The Balaban J connectivity index is 2.02. The number of likely N-dealkylation sites (tertiary alicyclic amines) is 1. The summed E-state index contributed by atoms with van der Waals surface area (Å²) in [5.41, 5.74) is 0.341. The number of rotatable bonds is 5. The third kappa shape index (κ3) is 4.27. The predicted molar refractivity (Wildman–Crippen MR) is 81.4 cm³/mol. The lowest BCUT2D eigenvalue weighted by Crippen LogP contribution is -2.31. The molecule has 1 unspecified atom stereocenters. The van der Waals surface area contributed by atoms with Crippen LogP contribution in [0.25, 0.3) is 0 Å². The molecule has 1 heterocycles. The van der Waals surface area contributed by atoms with E-state index in [0.29, 0.717) is 17.9 Å². The molecule has 4 heteroatoms. The monoisotopic (exact) mass is 293 g/mol. The molecule has 0 spiro atoms. The van der Waals surface area contributed by atoms with Crippen molar-refractivity contribution in [3.63, 3.8) is 0 Å². The molecule has 0 N–H and O–H groups in total. The summed E-state index contributed by atoms with van der Waals surface area (Å²) < 4.78 is 18.5. The number of benzene rings is 1. The standard InChI is InChI=1S/C17H24FNO2/c1-3-13-5-4-9-19(10-8-13)12-16(20)15-11-14(18)6-7-17(15)21-2/h6-7,11,13H,3-5,8-10,12H2,1-2H3. The van der Waals surface area contributed by atoms with Gasteiger partial charge in [-0.15, -0.1) is 0 Å². The van der Waals surface area contributed by atoms with Crippen LogP contribution in [0, 0.1) is 11.7 Å². The van der Waals surface area contributed by atoms with E-state index in [-0.39, 0.29) is 5.78 Å². The summed E-state index contributed by atoms with van der Waals surface area (Å²) in [7, 11) is 1.50. The van der Waals surface area contributed by atoms with E-state index < -0.39 is 5.82 Å². The quantitative estimate of drug-likeness (QED) is 0.778. The topological polar surface area (TPSA) is 29.5 Å². The van der Waals surface area contributed by atoms with Gasteiger partial charge >= 0.3 is 0 Å². The van der Waals surface area contributed by atoms with Gasteiger partial charge in [0.15, 0.2) is 5.78 Å². The molecule has 0 aromatic heterocycles. The summed E-state index contributed by atoms with van der Waals surface area (Å²) in [6.45, 7) is 4.46. The minimum atomic E-state index is -0.402. The van der Waals surface area contributed by atoms with Gasteiger partial charge in [-0.3, -0.25) is 9.69 Å². The van der Waals surface area contributed by atoms with Crippen molar-refractivity contribution < 1.29 is 13.9 Å². The van der Waals surface area contributed by atoms with Crippen LogP contribution < -0.4 is 4.74 Å². The third-order valence-corrected chi connectivity index (χ3v) is 4.35. The summed E-state index contributed by atoms with van der Waals surface area (Å²) in [6.07, 6.45) is 4.72. The number of ether oxygens (including phenoxy) is 1. The van der Waals surface area contributed by atoms with Crippen LogP contribution in [0.5, 0.6) is 5.75 Å². The molecule has 1 atom stereocenters. The molecule has 1 aromatic rings. The fraction of sp³-hybridized carbons (Fsp3) is 0.588. The van der Waals surface area contributed by atoms with Gasteiger partial charge in [0.25, 0.3) is 0 Å². The van der Waals surface area contributed by atoms with Gasteiger partial charge < -0.3 is 4.74 Å². The van der Waals surface area contributed by atoms with Crippen molar-refractivity contribution in [2.24, 2.45) is 5.92 Å². The molecular formula is C17H24FNO2. The Morgan fingerprint density at radius 3 is 2.90 bits per heavy atom. The summed E-state index contributed by atoms with van der Waals surface area (Å²) in [6, 6.07) is 4.10.